The van der Waals surface area contributed by atoms with Crippen molar-refractivity contribution in [1.29, 1.82) is 5.41 Å². The summed E-state index contributed by atoms with van der Waals surface area (Å²) >= 11 is 0. The van der Waals surface area contributed by atoms with Gasteiger partial charge in [-0.25, -0.2) is 0 Å². The van der Waals surface area contributed by atoms with Gasteiger partial charge in [-0.3, -0.25) is 10.4 Å². The summed E-state index contributed by atoms with van der Waals surface area (Å²) in [6.07, 6.45) is 0. The monoisotopic (exact) mass is 186 g/mol. The Bertz CT molecular complexity index is 455. The van der Waals surface area contributed by atoms with Crippen LogP contribution in [0.2, 0.25) is 0 Å². The summed E-state index contributed by atoms with van der Waals surface area (Å²) in [6, 6.07) is 0. The molecule has 0 aromatic carbocycles. The molecule has 0 aliphatic heterocycles. The van der Waals surface area contributed by atoms with Crippen LogP contribution in [-0.4, -0.2) is 26.9 Å². The maximum Gasteiger partial charge on any atom is 0.275 e. The molecule has 0 aliphatic rings. The second-order valence-corrected chi connectivity index (χ2v) is 2.29. The van der Waals surface area contributed by atoms with Crippen molar-refractivity contribution in [3.8, 4) is 0 Å². The summed E-state index contributed by atoms with van der Waals surface area (Å²) in [5.74, 6) is -0.240. The summed E-state index contributed by atoms with van der Waals surface area (Å²) in [5, 5.41) is 25.7. The van der Waals surface area contributed by atoms with E-state index in [1.54, 1.807) is 0 Å². The molecule has 13 heavy (non-hydrogen) atoms. The van der Waals surface area contributed by atoms with Gasteiger partial charge in [-0.05, 0) is 0 Å². The zero-order valence-corrected chi connectivity index (χ0v) is 6.89. The number of rotatable bonds is 0. The van der Waals surface area contributed by atoms with Crippen molar-refractivity contribution in [2.24, 2.45) is 4.99 Å². The fourth-order valence-corrected chi connectivity index (χ4v) is 0.836. The van der Waals surface area contributed by atoms with E-state index in [-0.39, 0.29) is 17.1 Å². The highest BCUT2D eigenvalue weighted by atomic mass is 16.5. The Labute approximate surface area is 72.4 Å². The predicted molar refractivity (Wildman–Crippen MR) is 43.0 cm³/mol. The Morgan fingerprint density at radius 2 is 1.85 bits per heavy atom. The summed E-state index contributed by atoms with van der Waals surface area (Å²) in [5.41, 5.74) is 9.67. The Hall–Kier alpha value is -2.12. The molecule has 0 radical (unpaired) electrons. The fraction of sp³-hybridized carbons (Fsp3) is 0.200. The highest BCUT2D eigenvalue weighted by Crippen LogP contribution is 2.01. The standard InChI is InChI=1S/C5H10N6O2/c1-9-5-10(12)3(7)2(6)4(8)11(5)13/h7,12-13H,6,8H2,1H3. The molecule has 0 saturated heterocycles. The van der Waals surface area contributed by atoms with Crippen molar-refractivity contribution in [1.82, 2.24) is 9.46 Å². The van der Waals surface area contributed by atoms with Gasteiger partial charge in [-0.15, -0.1) is 9.46 Å². The van der Waals surface area contributed by atoms with E-state index in [9.17, 15) is 10.4 Å². The van der Waals surface area contributed by atoms with Crippen LogP contribution in [0.5, 0.6) is 0 Å². The number of nitrogens with two attached hydrogens (primary N) is 2. The van der Waals surface area contributed by atoms with E-state index in [1.807, 2.05) is 0 Å². The van der Waals surface area contributed by atoms with Crippen LogP contribution >= 0.6 is 0 Å². The number of hydrogen-bond donors (Lipinski definition) is 5. The molecule has 0 amide bonds. The largest absolute Gasteiger partial charge is 0.423 e. The van der Waals surface area contributed by atoms with Crippen LogP contribution in [0.25, 0.3) is 0 Å². The molecule has 8 nitrogen and oxygen atoms in total. The van der Waals surface area contributed by atoms with E-state index < -0.39 is 5.49 Å². The molecule has 0 saturated carbocycles. The maximum atomic E-state index is 9.24. The number of aromatic nitrogens is 2. The second kappa shape index (κ2) is 2.73. The van der Waals surface area contributed by atoms with Gasteiger partial charge in [0, 0.05) is 7.05 Å². The lowest BCUT2D eigenvalue weighted by atomic mass is 10.5. The first-order valence-electron chi connectivity index (χ1n) is 3.29. The third-order valence-electron chi connectivity index (χ3n) is 1.55. The smallest absolute Gasteiger partial charge is 0.275 e. The highest BCUT2D eigenvalue weighted by Gasteiger charge is 2.08. The van der Waals surface area contributed by atoms with Gasteiger partial charge in [-0.2, -0.15) is 0 Å². The zero-order valence-electron chi connectivity index (χ0n) is 6.89. The summed E-state index contributed by atoms with van der Waals surface area (Å²) in [4.78, 5) is 3.50. The first kappa shape index (κ1) is 8.97. The van der Waals surface area contributed by atoms with Gasteiger partial charge in [0.2, 0.25) is 0 Å². The van der Waals surface area contributed by atoms with Gasteiger partial charge in [0.25, 0.3) is 5.62 Å². The Balaban J connectivity index is 3.90. The van der Waals surface area contributed by atoms with Gasteiger partial charge in [0.05, 0.1) is 0 Å². The van der Waals surface area contributed by atoms with Gasteiger partial charge in [-0.1, -0.05) is 0 Å². The number of nitrogens with one attached hydrogen (secondary N) is 1. The van der Waals surface area contributed by atoms with Crippen molar-refractivity contribution in [2.45, 2.75) is 0 Å². The predicted octanol–water partition coefficient (Wildman–Crippen LogP) is -2.06. The van der Waals surface area contributed by atoms with Gasteiger partial charge < -0.3 is 21.9 Å². The normalized spacial score (nSPS) is 11.9. The highest BCUT2D eigenvalue weighted by molar-refractivity contribution is 5.55. The molecular weight excluding hydrogens is 176 g/mol. The van der Waals surface area contributed by atoms with E-state index in [0.29, 0.717) is 9.46 Å². The molecule has 1 heterocycles. The van der Waals surface area contributed by atoms with Crippen molar-refractivity contribution < 1.29 is 10.4 Å². The van der Waals surface area contributed by atoms with E-state index in [0.717, 1.165) is 0 Å². The topological polar surface area (TPSA) is 139 Å². The van der Waals surface area contributed by atoms with Crippen molar-refractivity contribution >= 4 is 11.5 Å². The minimum absolute atomic E-state index is 0.225. The van der Waals surface area contributed by atoms with E-state index in [2.05, 4.69) is 4.99 Å². The molecule has 0 unspecified atom stereocenters. The molecule has 0 spiro atoms. The Morgan fingerprint density at radius 3 is 2.31 bits per heavy atom. The van der Waals surface area contributed by atoms with Crippen LogP contribution in [0.4, 0.5) is 11.5 Å². The van der Waals surface area contributed by atoms with E-state index >= 15 is 0 Å². The lowest BCUT2D eigenvalue weighted by Crippen LogP contribution is -2.41. The lowest BCUT2D eigenvalue weighted by Gasteiger charge is -2.08. The molecule has 7 N–H and O–H groups in total. The molecule has 72 valence electrons. The molecule has 0 fully saturated rings. The van der Waals surface area contributed by atoms with Gasteiger partial charge >= 0.3 is 0 Å². The Morgan fingerprint density at radius 1 is 1.31 bits per heavy atom. The molecule has 1 aromatic rings. The van der Waals surface area contributed by atoms with Gasteiger partial charge in [0.15, 0.2) is 11.3 Å². The molecule has 1 rings (SSSR count). The molecular formula is C5H10N6O2. The van der Waals surface area contributed by atoms with E-state index in [1.165, 1.54) is 7.05 Å². The van der Waals surface area contributed by atoms with Crippen LogP contribution in [0.1, 0.15) is 0 Å². The maximum absolute atomic E-state index is 9.24. The number of nitrogens with zero attached hydrogens (tertiary/aromatic N) is 3. The molecule has 1 aromatic heterocycles. The quantitative estimate of drug-likeness (QED) is 0.297. The number of hydrogen-bond acceptors (Lipinski definition) is 6. The molecule has 8 heteroatoms. The summed E-state index contributed by atoms with van der Waals surface area (Å²) in [6.45, 7) is 0. The Kier molecular flexibility index (Phi) is 1.89. The SMILES string of the molecule is CN=c1n(O)c(N)c(N)c(=N)n1O. The molecule has 0 bridgehead atoms. The number of nitrogen functional groups attached to an aromatic ring is 2. The third kappa shape index (κ3) is 1.08. The zero-order chi connectivity index (χ0) is 10.2. The van der Waals surface area contributed by atoms with Crippen molar-refractivity contribution in [2.75, 3.05) is 18.5 Å². The minimum Gasteiger partial charge on any atom is -0.423 e. The number of anilines is 2. The lowest BCUT2D eigenvalue weighted by molar-refractivity contribution is 0.0992. The molecule has 0 aliphatic carbocycles. The van der Waals surface area contributed by atoms with Crippen molar-refractivity contribution in [3.05, 3.63) is 11.1 Å². The van der Waals surface area contributed by atoms with Gasteiger partial charge in [0.1, 0.15) is 5.69 Å². The van der Waals surface area contributed by atoms with Crippen LogP contribution in [-0.2, 0) is 0 Å². The third-order valence-corrected chi connectivity index (χ3v) is 1.55. The van der Waals surface area contributed by atoms with Crippen molar-refractivity contribution in [3.63, 3.8) is 0 Å². The van der Waals surface area contributed by atoms with E-state index in [4.69, 9.17) is 16.9 Å². The van der Waals surface area contributed by atoms with Crippen LogP contribution in [0.3, 0.4) is 0 Å². The average Bonchev–Trinajstić information content (AvgIpc) is 2.13. The van der Waals surface area contributed by atoms with Crippen LogP contribution in [0.15, 0.2) is 4.99 Å². The summed E-state index contributed by atoms with van der Waals surface area (Å²) < 4.78 is 0.721. The summed E-state index contributed by atoms with van der Waals surface area (Å²) in [7, 11) is 1.32. The van der Waals surface area contributed by atoms with Crippen LogP contribution < -0.4 is 22.6 Å². The van der Waals surface area contributed by atoms with Crippen LogP contribution in [0, 0.1) is 5.41 Å². The first-order valence-corrected chi connectivity index (χ1v) is 3.29. The molecule has 0 atom stereocenters. The average molecular weight is 186 g/mol. The first-order chi connectivity index (χ1) is 6.00. The fourth-order valence-electron chi connectivity index (χ4n) is 0.836. The minimum atomic E-state index is -0.427. The second-order valence-electron chi connectivity index (χ2n) is 2.29.